The van der Waals surface area contributed by atoms with Gasteiger partial charge in [-0.2, -0.15) is 0 Å². The topological polar surface area (TPSA) is 94.2 Å². The highest BCUT2D eigenvalue weighted by Crippen LogP contribution is 2.19. The van der Waals surface area contributed by atoms with Crippen molar-refractivity contribution in [2.75, 3.05) is 5.32 Å². The Morgan fingerprint density at radius 3 is 2.50 bits per heavy atom. The van der Waals surface area contributed by atoms with Crippen LogP contribution in [-0.4, -0.2) is 28.1 Å². The summed E-state index contributed by atoms with van der Waals surface area (Å²) in [4.78, 5) is 26.7. The molecule has 0 spiro atoms. The maximum atomic E-state index is 12.5. The number of H-pyrrole nitrogens is 1. The maximum absolute atomic E-state index is 12.5. The number of carbonyl (C=O) groups is 2. The summed E-state index contributed by atoms with van der Waals surface area (Å²) in [6, 6.07) is 15.8. The van der Waals surface area contributed by atoms with E-state index >= 15 is 0 Å². The first-order valence-corrected chi connectivity index (χ1v) is 7.54. The van der Waals surface area contributed by atoms with E-state index in [9.17, 15) is 9.59 Å². The molecule has 1 atom stereocenters. The standard InChI is InChI=1S/C18H17N3O3/c22-17(20-13-6-2-1-3-7-13)16(21-18(23)24)10-12-11-19-15-9-5-4-8-14(12)15/h1-9,11,16,19,21H,10H2,(H,20,22)(H,23,24). The Bertz CT molecular complexity index is 858. The molecule has 24 heavy (non-hydrogen) atoms. The molecule has 3 aromatic rings. The fourth-order valence-corrected chi connectivity index (χ4v) is 2.63. The van der Waals surface area contributed by atoms with Crippen LogP contribution in [0.4, 0.5) is 10.5 Å². The number of fused-ring (bicyclic) bond motifs is 1. The molecule has 0 saturated heterocycles. The van der Waals surface area contributed by atoms with Crippen molar-refractivity contribution in [1.29, 1.82) is 0 Å². The Hall–Kier alpha value is -3.28. The number of aromatic amines is 1. The van der Waals surface area contributed by atoms with Crippen molar-refractivity contribution in [3.8, 4) is 0 Å². The van der Waals surface area contributed by atoms with Gasteiger partial charge in [0.25, 0.3) is 0 Å². The van der Waals surface area contributed by atoms with E-state index in [4.69, 9.17) is 5.11 Å². The monoisotopic (exact) mass is 323 g/mol. The van der Waals surface area contributed by atoms with Gasteiger partial charge in [-0.1, -0.05) is 36.4 Å². The summed E-state index contributed by atoms with van der Waals surface area (Å²) in [6.45, 7) is 0. The average molecular weight is 323 g/mol. The molecule has 0 bridgehead atoms. The molecule has 0 fully saturated rings. The molecule has 0 radical (unpaired) electrons. The third-order valence-electron chi connectivity index (χ3n) is 3.75. The first-order chi connectivity index (χ1) is 11.6. The van der Waals surface area contributed by atoms with Gasteiger partial charge < -0.3 is 20.7 Å². The summed E-state index contributed by atoms with van der Waals surface area (Å²) in [5, 5.41) is 15.0. The molecular weight excluding hydrogens is 306 g/mol. The van der Waals surface area contributed by atoms with Crippen LogP contribution < -0.4 is 10.6 Å². The lowest BCUT2D eigenvalue weighted by molar-refractivity contribution is -0.118. The number of amides is 2. The largest absolute Gasteiger partial charge is 0.465 e. The Morgan fingerprint density at radius 1 is 1.04 bits per heavy atom. The number of para-hydroxylation sites is 2. The highest BCUT2D eigenvalue weighted by atomic mass is 16.4. The van der Waals surface area contributed by atoms with Gasteiger partial charge in [-0.3, -0.25) is 4.79 Å². The summed E-state index contributed by atoms with van der Waals surface area (Å²) >= 11 is 0. The van der Waals surface area contributed by atoms with E-state index in [0.29, 0.717) is 5.69 Å². The fraction of sp³-hybridized carbons (Fsp3) is 0.111. The zero-order valence-corrected chi connectivity index (χ0v) is 12.8. The second-order valence-electron chi connectivity index (χ2n) is 5.42. The molecule has 1 unspecified atom stereocenters. The molecule has 1 aromatic heterocycles. The molecule has 6 nitrogen and oxygen atoms in total. The van der Waals surface area contributed by atoms with Crippen LogP contribution in [-0.2, 0) is 11.2 Å². The van der Waals surface area contributed by atoms with E-state index in [1.165, 1.54) is 0 Å². The molecule has 0 aliphatic heterocycles. The Labute approximate surface area is 138 Å². The van der Waals surface area contributed by atoms with Gasteiger partial charge in [-0.15, -0.1) is 0 Å². The third-order valence-corrected chi connectivity index (χ3v) is 3.75. The van der Waals surface area contributed by atoms with Gasteiger partial charge in [0.15, 0.2) is 0 Å². The molecule has 0 aliphatic rings. The third kappa shape index (κ3) is 3.55. The van der Waals surface area contributed by atoms with Gasteiger partial charge in [-0.25, -0.2) is 4.79 Å². The molecule has 6 heteroatoms. The van der Waals surface area contributed by atoms with Gasteiger partial charge in [0, 0.05) is 29.2 Å². The molecular formula is C18H17N3O3. The lowest BCUT2D eigenvalue weighted by Crippen LogP contribution is -2.44. The lowest BCUT2D eigenvalue weighted by Gasteiger charge is -2.16. The number of anilines is 1. The lowest BCUT2D eigenvalue weighted by atomic mass is 10.0. The van der Waals surface area contributed by atoms with Crippen LogP contribution in [0.25, 0.3) is 10.9 Å². The number of hydrogen-bond acceptors (Lipinski definition) is 2. The fourth-order valence-electron chi connectivity index (χ4n) is 2.63. The molecule has 4 N–H and O–H groups in total. The van der Waals surface area contributed by atoms with E-state index < -0.39 is 18.0 Å². The Morgan fingerprint density at radius 2 is 1.75 bits per heavy atom. The van der Waals surface area contributed by atoms with Gasteiger partial charge in [-0.05, 0) is 23.8 Å². The normalized spacial score (nSPS) is 11.8. The molecule has 0 aliphatic carbocycles. The van der Waals surface area contributed by atoms with E-state index in [1.807, 2.05) is 30.3 Å². The van der Waals surface area contributed by atoms with Crippen molar-refractivity contribution < 1.29 is 14.7 Å². The molecule has 3 rings (SSSR count). The predicted molar refractivity (Wildman–Crippen MR) is 92.0 cm³/mol. The smallest absolute Gasteiger partial charge is 0.405 e. The van der Waals surface area contributed by atoms with Crippen molar-refractivity contribution in [1.82, 2.24) is 10.3 Å². The number of hydrogen-bond donors (Lipinski definition) is 4. The maximum Gasteiger partial charge on any atom is 0.405 e. The van der Waals surface area contributed by atoms with Crippen molar-refractivity contribution >= 4 is 28.6 Å². The molecule has 2 aromatic carbocycles. The Balaban J connectivity index is 1.81. The minimum atomic E-state index is -1.23. The highest BCUT2D eigenvalue weighted by molar-refractivity contribution is 5.97. The molecule has 0 saturated carbocycles. The summed E-state index contributed by atoms with van der Waals surface area (Å²) < 4.78 is 0. The minimum Gasteiger partial charge on any atom is -0.465 e. The SMILES string of the molecule is O=C(O)NC(Cc1c[nH]c2ccccc12)C(=O)Nc1ccccc1. The van der Waals surface area contributed by atoms with Crippen molar-refractivity contribution in [2.24, 2.45) is 0 Å². The number of benzene rings is 2. The second-order valence-corrected chi connectivity index (χ2v) is 5.42. The van der Waals surface area contributed by atoms with Crippen LogP contribution in [0.15, 0.2) is 60.8 Å². The molecule has 2 amide bonds. The van der Waals surface area contributed by atoms with Gasteiger partial charge in [0.2, 0.25) is 5.91 Å². The van der Waals surface area contributed by atoms with Crippen LogP contribution >= 0.6 is 0 Å². The van der Waals surface area contributed by atoms with Crippen LogP contribution in [0.3, 0.4) is 0 Å². The Kier molecular flexibility index (Phi) is 4.47. The number of carboxylic acid groups (broad SMARTS) is 1. The average Bonchev–Trinajstić information content (AvgIpc) is 2.98. The number of nitrogens with one attached hydrogen (secondary N) is 3. The summed E-state index contributed by atoms with van der Waals surface area (Å²) in [6.07, 6.45) is 0.828. The summed E-state index contributed by atoms with van der Waals surface area (Å²) in [7, 11) is 0. The summed E-state index contributed by atoms with van der Waals surface area (Å²) in [5.41, 5.74) is 2.45. The van der Waals surface area contributed by atoms with Gasteiger partial charge in [0.1, 0.15) is 6.04 Å². The van der Waals surface area contributed by atoms with E-state index in [0.717, 1.165) is 16.5 Å². The first kappa shape index (κ1) is 15.6. The van der Waals surface area contributed by atoms with E-state index in [2.05, 4.69) is 15.6 Å². The quantitative estimate of drug-likeness (QED) is 0.581. The van der Waals surface area contributed by atoms with Crippen LogP contribution in [0.5, 0.6) is 0 Å². The number of carbonyl (C=O) groups excluding carboxylic acids is 1. The number of rotatable bonds is 5. The second kappa shape index (κ2) is 6.87. The van der Waals surface area contributed by atoms with E-state index in [1.54, 1.807) is 30.5 Å². The summed E-state index contributed by atoms with van der Waals surface area (Å²) in [5.74, 6) is -0.395. The van der Waals surface area contributed by atoms with Crippen LogP contribution in [0.1, 0.15) is 5.56 Å². The molecule has 1 heterocycles. The zero-order valence-electron chi connectivity index (χ0n) is 12.8. The van der Waals surface area contributed by atoms with Gasteiger partial charge in [0.05, 0.1) is 0 Å². The predicted octanol–water partition coefficient (Wildman–Crippen LogP) is 2.99. The number of aromatic nitrogens is 1. The zero-order chi connectivity index (χ0) is 16.9. The first-order valence-electron chi connectivity index (χ1n) is 7.54. The van der Waals surface area contributed by atoms with Crippen LogP contribution in [0, 0.1) is 0 Å². The molecule has 122 valence electrons. The van der Waals surface area contributed by atoms with Gasteiger partial charge >= 0.3 is 6.09 Å². The minimum absolute atomic E-state index is 0.259. The highest BCUT2D eigenvalue weighted by Gasteiger charge is 2.22. The van der Waals surface area contributed by atoms with Crippen molar-refractivity contribution in [3.05, 3.63) is 66.4 Å². The van der Waals surface area contributed by atoms with Crippen molar-refractivity contribution in [2.45, 2.75) is 12.5 Å². The van der Waals surface area contributed by atoms with Crippen molar-refractivity contribution in [3.63, 3.8) is 0 Å². The van der Waals surface area contributed by atoms with Crippen LogP contribution in [0.2, 0.25) is 0 Å². The van der Waals surface area contributed by atoms with E-state index in [-0.39, 0.29) is 6.42 Å².